The highest BCUT2D eigenvalue weighted by Crippen LogP contribution is 2.42. The molecule has 1 aromatic heterocycles. The highest BCUT2D eigenvalue weighted by Gasteiger charge is 2.33. The normalized spacial score (nSPS) is 15.7. The molecule has 1 atom stereocenters. The minimum absolute atomic E-state index is 0.0704. The largest absolute Gasteiger partial charge is 0.488 e. The Bertz CT molecular complexity index is 1140. The van der Waals surface area contributed by atoms with E-state index in [1.807, 2.05) is 0 Å². The number of hydrogen-bond donors (Lipinski definition) is 2. The average molecular weight is 464 g/mol. The molecular formula is C22H17ClF3N3O3. The lowest BCUT2D eigenvalue weighted by atomic mass is 10.1. The molecule has 0 saturated carbocycles. The lowest BCUT2D eigenvalue weighted by Gasteiger charge is -2.37. The molecule has 1 unspecified atom stereocenters. The standard InChI is InChI=1S/C22H17ClF3N3O3/c23-17-4-2-10-27-20(17)29-15(11-30)12-32-19-16(3-1-5-18(19)29)21(31)28-14-8-6-13(7-9-14)22(24,25)26/h1-10,15,30H,11-12H2,(H,28,31). The van der Waals surface area contributed by atoms with Crippen molar-refractivity contribution in [1.29, 1.82) is 0 Å². The average Bonchev–Trinajstić information content (AvgIpc) is 2.78. The Morgan fingerprint density at radius 3 is 2.59 bits per heavy atom. The number of para-hydroxylation sites is 1. The van der Waals surface area contributed by atoms with Crippen molar-refractivity contribution >= 4 is 34.7 Å². The Kier molecular flexibility index (Phi) is 5.94. The third-order valence-corrected chi connectivity index (χ3v) is 5.23. The van der Waals surface area contributed by atoms with Gasteiger partial charge < -0.3 is 20.1 Å². The van der Waals surface area contributed by atoms with Crippen LogP contribution < -0.4 is 15.0 Å². The number of ether oxygens (including phenoxy) is 1. The van der Waals surface area contributed by atoms with Crippen molar-refractivity contribution in [2.45, 2.75) is 12.2 Å². The summed E-state index contributed by atoms with van der Waals surface area (Å²) in [6.45, 7) is -0.171. The van der Waals surface area contributed by atoms with Gasteiger partial charge in [-0.2, -0.15) is 13.2 Å². The van der Waals surface area contributed by atoms with Crippen LogP contribution in [0.15, 0.2) is 60.8 Å². The molecule has 10 heteroatoms. The van der Waals surface area contributed by atoms with Crippen LogP contribution in [0.3, 0.4) is 0 Å². The van der Waals surface area contributed by atoms with Crippen molar-refractivity contribution in [2.24, 2.45) is 0 Å². The van der Waals surface area contributed by atoms with Crippen LogP contribution in [-0.4, -0.2) is 35.3 Å². The number of rotatable bonds is 4. The Morgan fingerprint density at radius 1 is 1.19 bits per heavy atom. The molecule has 2 heterocycles. The van der Waals surface area contributed by atoms with Crippen LogP contribution >= 0.6 is 11.6 Å². The first-order chi connectivity index (χ1) is 15.3. The maximum atomic E-state index is 12.9. The van der Waals surface area contributed by atoms with Gasteiger partial charge in [0.1, 0.15) is 6.61 Å². The van der Waals surface area contributed by atoms with Gasteiger partial charge in [0.2, 0.25) is 0 Å². The van der Waals surface area contributed by atoms with Gasteiger partial charge in [0, 0.05) is 11.9 Å². The van der Waals surface area contributed by atoms with Crippen LogP contribution in [0.25, 0.3) is 0 Å². The molecule has 0 bridgehead atoms. The van der Waals surface area contributed by atoms with Crippen LogP contribution in [0.2, 0.25) is 5.02 Å². The molecule has 6 nitrogen and oxygen atoms in total. The Labute approximate surface area is 186 Å². The highest BCUT2D eigenvalue weighted by atomic mass is 35.5. The number of alkyl halides is 3. The number of anilines is 3. The van der Waals surface area contributed by atoms with E-state index >= 15 is 0 Å². The fraction of sp³-hybridized carbons (Fsp3) is 0.182. The molecule has 4 rings (SSSR count). The number of pyridine rings is 1. The number of aliphatic hydroxyl groups is 1. The summed E-state index contributed by atoms with van der Waals surface area (Å²) in [7, 11) is 0. The minimum Gasteiger partial charge on any atom is -0.488 e. The summed E-state index contributed by atoms with van der Waals surface area (Å²) in [5.41, 5.74) is 0.0509. The Hall–Kier alpha value is -3.30. The van der Waals surface area contributed by atoms with Crippen LogP contribution in [0.1, 0.15) is 15.9 Å². The van der Waals surface area contributed by atoms with E-state index in [1.54, 1.807) is 35.4 Å². The number of hydrogen-bond acceptors (Lipinski definition) is 5. The fourth-order valence-corrected chi connectivity index (χ4v) is 3.63. The molecule has 2 aromatic carbocycles. The third kappa shape index (κ3) is 4.21. The zero-order chi connectivity index (χ0) is 22.9. The minimum atomic E-state index is -4.46. The summed E-state index contributed by atoms with van der Waals surface area (Å²) in [5.74, 6) is 0.0949. The number of carbonyl (C=O) groups excluding carboxylic acids is 1. The number of carbonyl (C=O) groups is 1. The summed E-state index contributed by atoms with van der Waals surface area (Å²) >= 11 is 6.31. The van der Waals surface area contributed by atoms with Gasteiger partial charge in [0.25, 0.3) is 5.91 Å². The van der Waals surface area contributed by atoms with Gasteiger partial charge in [0.15, 0.2) is 11.6 Å². The molecule has 1 aliphatic rings. The lowest BCUT2D eigenvalue weighted by Crippen LogP contribution is -2.43. The number of amides is 1. The van der Waals surface area contributed by atoms with E-state index in [-0.39, 0.29) is 30.2 Å². The number of halogens is 4. The van der Waals surface area contributed by atoms with Crippen molar-refractivity contribution in [3.05, 3.63) is 76.9 Å². The summed E-state index contributed by atoms with van der Waals surface area (Å²) in [5, 5.41) is 12.8. The summed E-state index contributed by atoms with van der Waals surface area (Å²) in [4.78, 5) is 18.9. The van der Waals surface area contributed by atoms with E-state index in [2.05, 4.69) is 10.3 Å². The first kappa shape index (κ1) is 21.9. The van der Waals surface area contributed by atoms with Crippen molar-refractivity contribution in [3.8, 4) is 5.75 Å². The molecule has 0 radical (unpaired) electrons. The molecule has 2 N–H and O–H groups in total. The van der Waals surface area contributed by atoms with Crippen LogP contribution in [0.4, 0.5) is 30.4 Å². The van der Waals surface area contributed by atoms with Gasteiger partial charge in [0.05, 0.1) is 34.5 Å². The summed E-state index contributed by atoms with van der Waals surface area (Å²) in [6, 6.07) is 11.9. The monoisotopic (exact) mass is 463 g/mol. The van der Waals surface area contributed by atoms with Crippen molar-refractivity contribution < 1.29 is 27.8 Å². The SMILES string of the molecule is O=C(Nc1ccc(C(F)(F)F)cc1)c1cccc2c1OCC(CO)N2c1ncccc1Cl. The number of fused-ring (bicyclic) bond motifs is 1. The van der Waals surface area contributed by atoms with Gasteiger partial charge in [-0.25, -0.2) is 4.98 Å². The second-order valence-corrected chi connectivity index (χ2v) is 7.42. The van der Waals surface area contributed by atoms with E-state index in [1.165, 1.54) is 18.2 Å². The number of nitrogens with zero attached hydrogens (tertiary/aromatic N) is 2. The molecule has 0 saturated heterocycles. The molecule has 1 aliphatic heterocycles. The second-order valence-electron chi connectivity index (χ2n) is 7.01. The van der Waals surface area contributed by atoms with Gasteiger partial charge in [-0.05, 0) is 48.5 Å². The van der Waals surface area contributed by atoms with Gasteiger partial charge in [-0.15, -0.1) is 0 Å². The third-order valence-electron chi connectivity index (χ3n) is 4.93. The van der Waals surface area contributed by atoms with Crippen LogP contribution in [-0.2, 0) is 6.18 Å². The molecule has 32 heavy (non-hydrogen) atoms. The van der Waals surface area contributed by atoms with Crippen LogP contribution in [0.5, 0.6) is 5.75 Å². The van der Waals surface area contributed by atoms with E-state index < -0.39 is 23.7 Å². The molecule has 1 amide bonds. The van der Waals surface area contributed by atoms with Gasteiger partial charge in [-0.1, -0.05) is 17.7 Å². The Balaban J connectivity index is 1.67. The maximum absolute atomic E-state index is 12.9. The topological polar surface area (TPSA) is 74.7 Å². The van der Waals surface area contributed by atoms with E-state index in [4.69, 9.17) is 16.3 Å². The van der Waals surface area contributed by atoms with Gasteiger partial charge >= 0.3 is 6.18 Å². The summed E-state index contributed by atoms with van der Waals surface area (Å²) < 4.78 is 44.1. The van der Waals surface area contributed by atoms with E-state index in [0.29, 0.717) is 16.5 Å². The Morgan fingerprint density at radius 2 is 1.94 bits per heavy atom. The van der Waals surface area contributed by atoms with Crippen molar-refractivity contribution in [1.82, 2.24) is 4.98 Å². The van der Waals surface area contributed by atoms with E-state index in [9.17, 15) is 23.1 Å². The number of aromatic nitrogens is 1. The van der Waals surface area contributed by atoms with Crippen LogP contribution in [0, 0.1) is 0 Å². The molecule has 0 fully saturated rings. The second kappa shape index (κ2) is 8.68. The predicted molar refractivity (Wildman–Crippen MR) is 114 cm³/mol. The first-order valence-electron chi connectivity index (χ1n) is 9.54. The fourth-order valence-electron chi connectivity index (χ4n) is 3.41. The number of aliphatic hydroxyl groups excluding tert-OH is 1. The van der Waals surface area contributed by atoms with Crippen molar-refractivity contribution in [2.75, 3.05) is 23.4 Å². The zero-order valence-corrected chi connectivity index (χ0v) is 17.2. The number of benzene rings is 2. The molecule has 0 aliphatic carbocycles. The van der Waals surface area contributed by atoms with E-state index in [0.717, 1.165) is 12.1 Å². The highest BCUT2D eigenvalue weighted by molar-refractivity contribution is 6.33. The predicted octanol–water partition coefficient (Wildman–Crippen LogP) is 4.90. The smallest absolute Gasteiger partial charge is 0.416 e. The lowest BCUT2D eigenvalue weighted by molar-refractivity contribution is -0.137. The molecule has 0 spiro atoms. The quantitative estimate of drug-likeness (QED) is 0.576. The van der Waals surface area contributed by atoms with Crippen molar-refractivity contribution in [3.63, 3.8) is 0 Å². The molecular weight excluding hydrogens is 447 g/mol. The number of nitrogens with one attached hydrogen (secondary N) is 1. The van der Waals surface area contributed by atoms with Gasteiger partial charge in [-0.3, -0.25) is 4.79 Å². The molecule has 166 valence electrons. The maximum Gasteiger partial charge on any atom is 0.416 e. The summed E-state index contributed by atoms with van der Waals surface area (Å²) in [6.07, 6.45) is -2.90. The first-order valence-corrected chi connectivity index (χ1v) is 9.92. The molecule has 3 aromatic rings. The zero-order valence-electron chi connectivity index (χ0n) is 16.4.